The molecular weight excluding hydrogens is 423 g/mol. The molecule has 3 aromatic rings. The third-order valence-corrected chi connectivity index (χ3v) is 5.15. The van der Waals surface area contributed by atoms with Gasteiger partial charge in [0.2, 0.25) is 5.88 Å². The minimum Gasteiger partial charge on any atom is -0.479 e. The number of hydrogen-bond acceptors (Lipinski definition) is 6. The quantitative estimate of drug-likeness (QED) is 0.635. The van der Waals surface area contributed by atoms with Crippen molar-refractivity contribution in [2.45, 2.75) is 11.5 Å². The molecule has 3 rings (SSSR count). The molecule has 7 nitrogen and oxygen atoms in total. The highest BCUT2D eigenvalue weighted by Crippen LogP contribution is 2.32. The summed E-state index contributed by atoms with van der Waals surface area (Å²) in [5, 5.41) is 1.17. The van der Waals surface area contributed by atoms with Crippen LogP contribution < -0.4 is 14.2 Å². The van der Waals surface area contributed by atoms with Crippen LogP contribution >= 0.6 is 11.6 Å². The van der Waals surface area contributed by atoms with Gasteiger partial charge in [-0.05, 0) is 12.1 Å². The lowest BCUT2D eigenvalue weighted by Gasteiger charge is -2.14. The van der Waals surface area contributed by atoms with Gasteiger partial charge in [-0.2, -0.15) is 13.8 Å². The smallest absolute Gasteiger partial charge is 0.388 e. The number of alkyl halides is 2. The molecular formula is C16H11ClF3N3O4S. The van der Waals surface area contributed by atoms with E-state index in [1.165, 1.54) is 24.4 Å². The molecule has 0 radical (unpaired) electrons. The van der Waals surface area contributed by atoms with Crippen LogP contribution in [0.5, 0.6) is 11.8 Å². The van der Waals surface area contributed by atoms with Crippen LogP contribution in [0.3, 0.4) is 0 Å². The normalized spacial score (nSPS) is 11.6. The van der Waals surface area contributed by atoms with Gasteiger partial charge in [-0.3, -0.25) is 9.71 Å². The summed E-state index contributed by atoms with van der Waals surface area (Å²) in [7, 11) is -3.17. The second kappa shape index (κ2) is 7.68. The average Bonchev–Trinajstić information content (AvgIpc) is 2.62. The van der Waals surface area contributed by atoms with Crippen LogP contribution in [0.15, 0.2) is 41.6 Å². The fraction of sp³-hybridized carbons (Fsp3) is 0.125. The molecule has 2 aromatic heterocycles. The second-order valence-electron chi connectivity index (χ2n) is 5.32. The van der Waals surface area contributed by atoms with Gasteiger partial charge in [-0.1, -0.05) is 17.7 Å². The molecule has 0 amide bonds. The number of benzene rings is 1. The van der Waals surface area contributed by atoms with E-state index in [-0.39, 0.29) is 4.90 Å². The Bertz CT molecular complexity index is 1150. The van der Waals surface area contributed by atoms with E-state index in [9.17, 15) is 21.6 Å². The van der Waals surface area contributed by atoms with Gasteiger partial charge in [0.15, 0.2) is 5.82 Å². The minimum atomic E-state index is -4.27. The number of anilines is 1. The maximum absolute atomic E-state index is 14.0. The molecule has 0 saturated heterocycles. The van der Waals surface area contributed by atoms with Gasteiger partial charge in [0.05, 0.1) is 7.11 Å². The number of aromatic nitrogens is 2. The number of fused-ring (bicyclic) bond motifs is 1. The van der Waals surface area contributed by atoms with Gasteiger partial charge in [-0.15, -0.1) is 0 Å². The second-order valence-corrected chi connectivity index (χ2v) is 7.41. The molecule has 0 saturated carbocycles. The lowest BCUT2D eigenvalue weighted by atomic mass is 10.2. The molecule has 0 unspecified atom stereocenters. The Kier molecular flexibility index (Phi) is 5.47. The fourth-order valence-corrected chi connectivity index (χ4v) is 3.79. The molecule has 28 heavy (non-hydrogen) atoms. The first-order chi connectivity index (χ1) is 13.2. The van der Waals surface area contributed by atoms with E-state index < -0.39 is 39.9 Å². The van der Waals surface area contributed by atoms with E-state index >= 15 is 0 Å². The van der Waals surface area contributed by atoms with E-state index in [1.54, 1.807) is 0 Å². The van der Waals surface area contributed by atoms with Crippen molar-refractivity contribution in [1.29, 1.82) is 0 Å². The molecule has 0 bridgehead atoms. The number of halogens is 4. The number of nitrogens with one attached hydrogen (secondary N) is 1. The molecule has 148 valence electrons. The summed E-state index contributed by atoms with van der Waals surface area (Å²) in [5.41, 5.74) is -0.410. The first kappa shape index (κ1) is 20.0. The molecule has 2 heterocycles. The topological polar surface area (TPSA) is 90.4 Å². The van der Waals surface area contributed by atoms with Crippen LogP contribution in [-0.4, -0.2) is 32.1 Å². The molecule has 1 N–H and O–H groups in total. The first-order valence-electron chi connectivity index (χ1n) is 7.46. The lowest BCUT2D eigenvalue weighted by Crippen LogP contribution is -2.16. The summed E-state index contributed by atoms with van der Waals surface area (Å²) in [5.74, 6) is -2.80. The third kappa shape index (κ3) is 4.04. The van der Waals surface area contributed by atoms with Crippen molar-refractivity contribution in [2.75, 3.05) is 11.8 Å². The number of rotatable bonds is 6. The zero-order chi connectivity index (χ0) is 20.5. The van der Waals surface area contributed by atoms with Crippen LogP contribution in [0.25, 0.3) is 10.8 Å². The van der Waals surface area contributed by atoms with Crippen molar-refractivity contribution in [3.8, 4) is 11.8 Å². The van der Waals surface area contributed by atoms with E-state index in [1.807, 2.05) is 0 Å². The average molecular weight is 434 g/mol. The van der Waals surface area contributed by atoms with Crippen molar-refractivity contribution in [1.82, 2.24) is 9.97 Å². The maximum Gasteiger partial charge on any atom is 0.388 e. The van der Waals surface area contributed by atoms with Gasteiger partial charge in [-0.25, -0.2) is 12.8 Å². The van der Waals surface area contributed by atoms with Crippen LogP contribution in [0.2, 0.25) is 5.02 Å². The fourth-order valence-electron chi connectivity index (χ4n) is 2.39. The van der Waals surface area contributed by atoms with Crippen LogP contribution in [0.4, 0.5) is 18.9 Å². The Morgan fingerprint density at radius 2 is 1.93 bits per heavy atom. The summed E-state index contributed by atoms with van der Waals surface area (Å²) in [6.45, 7) is -3.32. The lowest BCUT2D eigenvalue weighted by molar-refractivity contribution is -0.0555. The summed E-state index contributed by atoms with van der Waals surface area (Å²) in [6, 6.07) is 5.14. The largest absolute Gasteiger partial charge is 0.479 e. The SMILES string of the molecule is COc1nc(OC(F)F)c(F)cc1NS(=O)(=O)c1cncc2cc(Cl)ccc12. The van der Waals surface area contributed by atoms with E-state index in [2.05, 4.69) is 19.4 Å². The standard InChI is InChI=1S/C16H11ClF3N3O4S/c1-26-15-12(5-11(18)14(22-15)27-16(19)20)23-28(24,25)13-7-21-6-8-4-9(17)2-3-10(8)13/h2-7,16,23H,1H3. The van der Waals surface area contributed by atoms with Crippen LogP contribution in [-0.2, 0) is 10.0 Å². The Morgan fingerprint density at radius 1 is 1.18 bits per heavy atom. The molecule has 0 atom stereocenters. The van der Waals surface area contributed by atoms with Crippen molar-refractivity contribution >= 4 is 38.1 Å². The molecule has 1 aromatic carbocycles. The molecule has 0 aliphatic heterocycles. The molecule has 0 aliphatic carbocycles. The number of sulfonamides is 1. The first-order valence-corrected chi connectivity index (χ1v) is 9.33. The predicted molar refractivity (Wildman–Crippen MR) is 94.9 cm³/mol. The van der Waals surface area contributed by atoms with E-state index in [0.29, 0.717) is 21.9 Å². The monoisotopic (exact) mass is 433 g/mol. The highest BCUT2D eigenvalue weighted by Gasteiger charge is 2.23. The maximum atomic E-state index is 14.0. The van der Waals surface area contributed by atoms with Gasteiger partial charge >= 0.3 is 6.61 Å². The number of hydrogen-bond donors (Lipinski definition) is 1. The van der Waals surface area contributed by atoms with Crippen molar-refractivity contribution in [3.63, 3.8) is 0 Å². The number of nitrogens with zero attached hydrogens (tertiary/aromatic N) is 2. The van der Waals surface area contributed by atoms with Crippen LogP contribution in [0, 0.1) is 5.82 Å². The molecule has 0 spiro atoms. The molecule has 0 aliphatic rings. The summed E-state index contributed by atoms with van der Waals surface area (Å²) < 4.78 is 75.1. The van der Waals surface area contributed by atoms with E-state index in [0.717, 1.165) is 13.3 Å². The number of ether oxygens (including phenoxy) is 2. The van der Waals surface area contributed by atoms with Gasteiger partial charge in [0, 0.05) is 34.3 Å². The highest BCUT2D eigenvalue weighted by atomic mass is 35.5. The summed E-state index contributed by atoms with van der Waals surface area (Å²) >= 11 is 5.90. The van der Waals surface area contributed by atoms with Crippen LogP contribution in [0.1, 0.15) is 0 Å². The van der Waals surface area contributed by atoms with Crippen molar-refractivity contribution in [2.24, 2.45) is 0 Å². The zero-order valence-electron chi connectivity index (χ0n) is 14.0. The summed E-state index contributed by atoms with van der Waals surface area (Å²) in [6.07, 6.45) is 2.53. The number of methoxy groups -OCH3 is 1. The number of pyridine rings is 2. The van der Waals surface area contributed by atoms with Gasteiger partial charge < -0.3 is 9.47 Å². The Morgan fingerprint density at radius 3 is 2.61 bits per heavy atom. The zero-order valence-corrected chi connectivity index (χ0v) is 15.6. The Balaban J connectivity index is 2.05. The third-order valence-electron chi connectivity index (χ3n) is 3.52. The van der Waals surface area contributed by atoms with Crippen molar-refractivity contribution in [3.05, 3.63) is 47.5 Å². The molecule has 12 heteroatoms. The van der Waals surface area contributed by atoms with Gasteiger partial charge in [0.25, 0.3) is 15.9 Å². The summed E-state index contributed by atoms with van der Waals surface area (Å²) in [4.78, 5) is 7.08. The highest BCUT2D eigenvalue weighted by molar-refractivity contribution is 7.93. The minimum absolute atomic E-state index is 0.211. The Hall–Kier alpha value is -2.79. The van der Waals surface area contributed by atoms with E-state index in [4.69, 9.17) is 16.3 Å². The van der Waals surface area contributed by atoms with Gasteiger partial charge in [0.1, 0.15) is 10.6 Å². The Labute approximate surface area is 162 Å². The molecule has 0 fully saturated rings. The predicted octanol–water partition coefficient (Wildman–Crippen LogP) is 3.83. The van der Waals surface area contributed by atoms with Crippen molar-refractivity contribution < 1.29 is 31.1 Å².